The van der Waals surface area contributed by atoms with E-state index in [2.05, 4.69) is 10.1 Å². The Kier molecular flexibility index (Phi) is 5.80. The van der Waals surface area contributed by atoms with Gasteiger partial charge in [0, 0.05) is 18.2 Å². The van der Waals surface area contributed by atoms with Crippen molar-refractivity contribution >= 4 is 17.6 Å². The molecule has 0 saturated carbocycles. The number of benzene rings is 2. The van der Waals surface area contributed by atoms with Crippen LogP contribution in [0.15, 0.2) is 54.6 Å². The van der Waals surface area contributed by atoms with Gasteiger partial charge in [-0.1, -0.05) is 42.5 Å². The maximum Gasteiger partial charge on any atom is 0.429 e. The molecule has 0 radical (unpaired) electrons. The average Bonchev–Trinajstić information content (AvgIpc) is 2.54. The fourth-order valence-corrected chi connectivity index (χ4v) is 2.20. The number of nitrogens with one attached hydrogen (secondary N) is 1. The first-order valence-corrected chi connectivity index (χ1v) is 7.43. The van der Waals surface area contributed by atoms with E-state index in [4.69, 9.17) is 0 Å². The maximum absolute atomic E-state index is 13.2. The van der Waals surface area contributed by atoms with Gasteiger partial charge in [0.1, 0.15) is 0 Å². The second-order valence-electron chi connectivity index (χ2n) is 5.38. The van der Waals surface area contributed by atoms with Gasteiger partial charge in [-0.25, -0.2) is 0 Å². The zero-order valence-corrected chi connectivity index (χ0v) is 13.3. The third-order valence-corrected chi connectivity index (χ3v) is 3.27. The van der Waals surface area contributed by atoms with Gasteiger partial charge in [-0.2, -0.15) is 13.2 Å². The van der Waals surface area contributed by atoms with Gasteiger partial charge in [0.15, 0.2) is 0 Å². The fourth-order valence-electron chi connectivity index (χ4n) is 2.20. The van der Waals surface area contributed by atoms with E-state index in [0.717, 1.165) is 0 Å². The monoisotopic (exact) mass is 351 g/mol. The lowest BCUT2D eigenvalue weighted by Gasteiger charge is -2.21. The van der Waals surface area contributed by atoms with Crippen LogP contribution in [0.1, 0.15) is 24.2 Å². The van der Waals surface area contributed by atoms with Gasteiger partial charge in [-0.15, -0.1) is 0 Å². The molecule has 0 heterocycles. The topological polar surface area (TPSA) is 55.4 Å². The summed E-state index contributed by atoms with van der Waals surface area (Å²) in [5.74, 6) is -1.23. The summed E-state index contributed by atoms with van der Waals surface area (Å²) in [5.41, 5.74) is 0.875. The number of carbonyl (C=O) groups is 2. The lowest BCUT2D eigenvalue weighted by molar-refractivity contribution is -0.223. The first-order valence-electron chi connectivity index (χ1n) is 7.43. The molecule has 0 spiro atoms. The first-order chi connectivity index (χ1) is 11.8. The van der Waals surface area contributed by atoms with Crippen LogP contribution < -0.4 is 5.32 Å². The van der Waals surface area contributed by atoms with Gasteiger partial charge >= 0.3 is 12.1 Å². The molecule has 7 heteroatoms. The largest absolute Gasteiger partial charge is 0.447 e. The van der Waals surface area contributed by atoms with E-state index in [0.29, 0.717) is 11.3 Å². The van der Waals surface area contributed by atoms with Gasteiger partial charge in [0.25, 0.3) is 0 Å². The Balaban J connectivity index is 2.05. The van der Waals surface area contributed by atoms with Crippen molar-refractivity contribution in [3.63, 3.8) is 0 Å². The summed E-state index contributed by atoms with van der Waals surface area (Å²) in [6.45, 7) is 1.35. The Morgan fingerprint density at radius 1 is 1.04 bits per heavy atom. The molecule has 4 nitrogen and oxygen atoms in total. The smallest absolute Gasteiger partial charge is 0.429 e. The molecule has 1 amide bonds. The highest BCUT2D eigenvalue weighted by atomic mass is 19.4. The average molecular weight is 351 g/mol. The van der Waals surface area contributed by atoms with E-state index in [1.807, 2.05) is 0 Å². The number of carbonyl (C=O) groups excluding carboxylic acids is 2. The normalized spacial score (nSPS) is 12.3. The molecule has 25 heavy (non-hydrogen) atoms. The number of esters is 1. The number of anilines is 1. The number of amides is 1. The molecule has 0 aliphatic carbocycles. The van der Waals surface area contributed by atoms with Crippen LogP contribution in [-0.2, 0) is 20.7 Å². The Hall–Kier alpha value is -2.83. The molecular formula is C18H16F3NO3. The van der Waals surface area contributed by atoms with Crippen molar-refractivity contribution in [3.8, 4) is 0 Å². The number of hydrogen-bond donors (Lipinski definition) is 1. The predicted molar refractivity (Wildman–Crippen MR) is 85.8 cm³/mol. The van der Waals surface area contributed by atoms with Gasteiger partial charge in [0.05, 0.1) is 6.42 Å². The van der Waals surface area contributed by atoms with E-state index in [1.165, 1.54) is 43.3 Å². The Bertz CT molecular complexity index is 727. The van der Waals surface area contributed by atoms with Crippen molar-refractivity contribution in [2.24, 2.45) is 0 Å². The molecule has 0 aromatic heterocycles. The third-order valence-electron chi connectivity index (χ3n) is 3.27. The minimum absolute atomic E-state index is 0.135. The molecule has 2 aromatic carbocycles. The minimum atomic E-state index is -4.70. The van der Waals surface area contributed by atoms with Crippen LogP contribution >= 0.6 is 0 Å². The Labute approximate surface area is 142 Å². The number of alkyl halides is 3. The summed E-state index contributed by atoms with van der Waals surface area (Å²) in [7, 11) is 0. The lowest BCUT2D eigenvalue weighted by atomic mass is 10.1. The summed E-state index contributed by atoms with van der Waals surface area (Å²) < 4.78 is 44.2. The van der Waals surface area contributed by atoms with Crippen molar-refractivity contribution in [1.29, 1.82) is 0 Å². The number of hydrogen-bond acceptors (Lipinski definition) is 3. The van der Waals surface area contributed by atoms with Crippen LogP contribution in [0.2, 0.25) is 0 Å². The minimum Gasteiger partial charge on any atom is -0.447 e. The van der Waals surface area contributed by atoms with Gasteiger partial charge < -0.3 is 10.1 Å². The number of ether oxygens (including phenoxy) is 1. The highest BCUT2D eigenvalue weighted by Crippen LogP contribution is 2.36. The maximum atomic E-state index is 13.2. The Morgan fingerprint density at radius 3 is 2.16 bits per heavy atom. The van der Waals surface area contributed by atoms with E-state index < -0.39 is 18.2 Å². The van der Waals surface area contributed by atoms with Crippen LogP contribution in [0.4, 0.5) is 18.9 Å². The predicted octanol–water partition coefficient (Wildman–Crippen LogP) is 4.03. The second kappa shape index (κ2) is 7.83. The van der Waals surface area contributed by atoms with E-state index in [1.54, 1.807) is 18.2 Å². The number of halogens is 3. The quantitative estimate of drug-likeness (QED) is 0.828. The van der Waals surface area contributed by atoms with Crippen LogP contribution in [0.5, 0.6) is 0 Å². The molecule has 2 rings (SSSR count). The highest BCUT2D eigenvalue weighted by molar-refractivity contribution is 5.88. The van der Waals surface area contributed by atoms with Crippen LogP contribution in [-0.4, -0.2) is 18.1 Å². The fraction of sp³-hybridized carbons (Fsp3) is 0.222. The summed E-state index contributed by atoms with van der Waals surface area (Å²) in [6, 6.07) is 13.2. The van der Waals surface area contributed by atoms with Crippen molar-refractivity contribution in [1.82, 2.24) is 0 Å². The van der Waals surface area contributed by atoms with E-state index >= 15 is 0 Å². The molecule has 0 fully saturated rings. The summed E-state index contributed by atoms with van der Waals surface area (Å²) in [6.07, 6.45) is -7.31. The van der Waals surface area contributed by atoms with Crippen molar-refractivity contribution in [2.75, 3.05) is 5.32 Å². The molecule has 2 aromatic rings. The van der Waals surface area contributed by atoms with Crippen molar-refractivity contribution < 1.29 is 27.5 Å². The first kappa shape index (κ1) is 18.5. The zero-order valence-electron chi connectivity index (χ0n) is 13.3. The summed E-state index contributed by atoms with van der Waals surface area (Å²) >= 11 is 0. The zero-order chi connectivity index (χ0) is 18.4. The van der Waals surface area contributed by atoms with Gasteiger partial charge in [-0.3, -0.25) is 9.59 Å². The summed E-state index contributed by atoms with van der Waals surface area (Å²) in [4.78, 5) is 22.8. The van der Waals surface area contributed by atoms with Crippen molar-refractivity contribution in [3.05, 3.63) is 65.7 Å². The van der Waals surface area contributed by atoms with Gasteiger partial charge in [-0.05, 0) is 17.7 Å². The van der Waals surface area contributed by atoms with Crippen LogP contribution in [0, 0.1) is 0 Å². The van der Waals surface area contributed by atoms with E-state index in [-0.39, 0.29) is 17.9 Å². The molecule has 0 bridgehead atoms. The Morgan fingerprint density at radius 2 is 1.64 bits per heavy atom. The molecule has 0 aliphatic rings. The molecule has 1 atom stereocenters. The van der Waals surface area contributed by atoms with Crippen LogP contribution in [0.25, 0.3) is 0 Å². The highest BCUT2D eigenvalue weighted by Gasteiger charge is 2.43. The summed E-state index contributed by atoms with van der Waals surface area (Å²) in [5, 5.41) is 2.56. The molecule has 132 valence electrons. The van der Waals surface area contributed by atoms with Crippen LogP contribution in [0.3, 0.4) is 0 Å². The lowest BCUT2D eigenvalue weighted by Crippen LogP contribution is -2.26. The molecule has 0 saturated heterocycles. The standard InChI is InChI=1S/C18H16F3NO3/c1-12(23)22-15-9-7-13(8-10-15)11-16(24)25-17(18(19,20)21)14-5-3-2-4-6-14/h2-10,17H,11H2,1H3,(H,22,23)/t17-/m0/s1. The second-order valence-corrected chi connectivity index (χ2v) is 5.38. The van der Waals surface area contributed by atoms with Crippen molar-refractivity contribution in [2.45, 2.75) is 25.6 Å². The molecule has 0 aliphatic heterocycles. The molecule has 1 N–H and O–H groups in total. The van der Waals surface area contributed by atoms with E-state index in [9.17, 15) is 22.8 Å². The SMILES string of the molecule is CC(=O)Nc1ccc(CC(=O)O[C@@H](c2ccccc2)C(F)(F)F)cc1. The molecular weight excluding hydrogens is 335 g/mol. The van der Waals surface area contributed by atoms with Gasteiger partial charge in [0.2, 0.25) is 12.0 Å². The molecule has 0 unspecified atom stereocenters. The third kappa shape index (κ3) is 5.63. The number of rotatable bonds is 5.